The molecule has 0 unspecified atom stereocenters. The lowest BCUT2D eigenvalue weighted by Crippen LogP contribution is -2.52. The number of pyridine rings is 1. The van der Waals surface area contributed by atoms with Gasteiger partial charge in [0, 0.05) is 55.7 Å². The van der Waals surface area contributed by atoms with Gasteiger partial charge in [0.2, 0.25) is 5.91 Å². The Kier molecular flexibility index (Phi) is 5.61. The number of aromatic nitrogens is 1. The minimum atomic E-state index is 0.151. The maximum atomic E-state index is 12.4. The molecule has 0 radical (unpaired) electrons. The van der Waals surface area contributed by atoms with E-state index in [0.29, 0.717) is 12.3 Å². The molecule has 4 heterocycles. The lowest BCUT2D eigenvalue weighted by atomic mass is 9.72. The van der Waals surface area contributed by atoms with Gasteiger partial charge in [-0.15, -0.1) is 0 Å². The van der Waals surface area contributed by atoms with E-state index in [1.807, 2.05) is 20.0 Å². The van der Waals surface area contributed by atoms with Gasteiger partial charge in [-0.2, -0.15) is 0 Å². The standard InChI is InChI=1S/C22H33N3O3/c1-16-12-23-19(17(2)21(16)27)14-24-9-7-22(8-10-24)6-5-20(26)25(15-22)13-18-4-3-11-28-18/h12,18H,3-11,13-15H2,1-2H3,(H,23,27)/t18-/m1/s1. The van der Waals surface area contributed by atoms with Crippen molar-refractivity contribution in [2.24, 2.45) is 5.41 Å². The molecule has 3 fully saturated rings. The summed E-state index contributed by atoms with van der Waals surface area (Å²) in [5.74, 6) is 0.302. The monoisotopic (exact) mass is 387 g/mol. The first kappa shape index (κ1) is 19.6. The summed E-state index contributed by atoms with van der Waals surface area (Å²) in [4.78, 5) is 32.5. The summed E-state index contributed by atoms with van der Waals surface area (Å²) in [7, 11) is 0. The molecule has 1 aromatic rings. The lowest BCUT2D eigenvalue weighted by molar-refractivity contribution is -0.141. The largest absolute Gasteiger partial charge is 0.376 e. The molecule has 28 heavy (non-hydrogen) atoms. The van der Waals surface area contributed by atoms with Crippen LogP contribution in [0.3, 0.4) is 0 Å². The summed E-state index contributed by atoms with van der Waals surface area (Å²) in [6.45, 7) is 9.13. The molecule has 1 aromatic heterocycles. The molecule has 6 nitrogen and oxygen atoms in total. The molecule has 0 saturated carbocycles. The number of hydrogen-bond donors (Lipinski definition) is 1. The van der Waals surface area contributed by atoms with Gasteiger partial charge in [0.05, 0.1) is 6.10 Å². The molecule has 1 N–H and O–H groups in total. The molecule has 1 spiro atoms. The maximum absolute atomic E-state index is 12.4. The molecule has 6 heteroatoms. The van der Waals surface area contributed by atoms with Crippen LogP contribution in [0, 0.1) is 19.3 Å². The number of likely N-dealkylation sites (tertiary alicyclic amines) is 2. The van der Waals surface area contributed by atoms with Crippen molar-refractivity contribution in [2.75, 3.05) is 32.8 Å². The quantitative estimate of drug-likeness (QED) is 0.861. The number of carbonyl (C=O) groups excluding carboxylic acids is 1. The van der Waals surface area contributed by atoms with Gasteiger partial charge >= 0.3 is 0 Å². The fourth-order valence-electron chi connectivity index (χ4n) is 5.09. The number of aryl methyl sites for hydroxylation is 1. The minimum Gasteiger partial charge on any atom is -0.376 e. The summed E-state index contributed by atoms with van der Waals surface area (Å²) < 4.78 is 5.76. The van der Waals surface area contributed by atoms with Gasteiger partial charge in [-0.3, -0.25) is 14.5 Å². The number of aromatic amines is 1. The normalized spacial score (nSPS) is 25.6. The van der Waals surface area contributed by atoms with Crippen molar-refractivity contribution >= 4 is 5.91 Å². The molecule has 3 saturated heterocycles. The number of carbonyl (C=O) groups is 1. The second-order valence-electron chi connectivity index (χ2n) is 9.09. The number of nitrogens with one attached hydrogen (secondary N) is 1. The van der Waals surface area contributed by atoms with Gasteiger partial charge in [0.25, 0.3) is 0 Å². The van der Waals surface area contributed by atoms with Crippen LogP contribution >= 0.6 is 0 Å². The van der Waals surface area contributed by atoms with Crippen LogP contribution in [0.4, 0.5) is 0 Å². The molecule has 1 atom stereocenters. The molecule has 154 valence electrons. The van der Waals surface area contributed by atoms with Gasteiger partial charge in [-0.05, 0) is 64.5 Å². The number of H-pyrrole nitrogens is 1. The summed E-state index contributed by atoms with van der Waals surface area (Å²) in [5.41, 5.74) is 3.06. The van der Waals surface area contributed by atoms with E-state index in [1.54, 1.807) is 0 Å². The van der Waals surface area contributed by atoms with Crippen LogP contribution in [-0.2, 0) is 16.1 Å². The number of nitrogens with zero attached hydrogens (tertiary/aromatic N) is 2. The first-order chi connectivity index (χ1) is 13.5. The Labute approximate surface area is 167 Å². The van der Waals surface area contributed by atoms with Crippen LogP contribution in [-0.4, -0.2) is 59.6 Å². The average molecular weight is 388 g/mol. The van der Waals surface area contributed by atoms with Gasteiger partial charge in [0.15, 0.2) is 5.43 Å². The van der Waals surface area contributed by atoms with Crippen molar-refractivity contribution in [3.8, 4) is 0 Å². The van der Waals surface area contributed by atoms with Gasteiger partial charge in [-0.1, -0.05) is 0 Å². The predicted molar refractivity (Wildman–Crippen MR) is 108 cm³/mol. The highest BCUT2D eigenvalue weighted by molar-refractivity contribution is 5.77. The topological polar surface area (TPSA) is 65.6 Å². The number of rotatable bonds is 4. The van der Waals surface area contributed by atoms with Crippen molar-refractivity contribution in [1.29, 1.82) is 0 Å². The molecule has 4 rings (SSSR count). The third-order valence-electron chi connectivity index (χ3n) is 7.11. The second kappa shape index (κ2) is 7.99. The van der Waals surface area contributed by atoms with Crippen LogP contribution in [0.5, 0.6) is 0 Å². The Balaban J connectivity index is 1.35. The molecule has 0 aromatic carbocycles. The summed E-state index contributed by atoms with van der Waals surface area (Å²) in [6.07, 6.45) is 8.20. The summed E-state index contributed by atoms with van der Waals surface area (Å²) in [6, 6.07) is 0. The van der Waals surface area contributed by atoms with Crippen molar-refractivity contribution in [3.05, 3.63) is 33.2 Å². The maximum Gasteiger partial charge on any atom is 0.222 e. The van der Waals surface area contributed by atoms with E-state index in [4.69, 9.17) is 4.74 Å². The predicted octanol–water partition coefficient (Wildman–Crippen LogP) is 2.38. The van der Waals surface area contributed by atoms with Gasteiger partial charge in [-0.25, -0.2) is 0 Å². The zero-order valence-corrected chi connectivity index (χ0v) is 17.3. The third-order valence-corrected chi connectivity index (χ3v) is 7.11. The molecule has 3 aliphatic rings. The van der Waals surface area contributed by atoms with Crippen molar-refractivity contribution in [3.63, 3.8) is 0 Å². The zero-order chi connectivity index (χ0) is 19.7. The van der Waals surface area contributed by atoms with E-state index in [-0.39, 0.29) is 16.9 Å². The smallest absolute Gasteiger partial charge is 0.222 e. The van der Waals surface area contributed by atoms with Crippen molar-refractivity contribution in [2.45, 2.75) is 65.0 Å². The Bertz CT molecular complexity index is 774. The molecular weight excluding hydrogens is 354 g/mol. The Morgan fingerprint density at radius 1 is 1.21 bits per heavy atom. The highest BCUT2D eigenvalue weighted by Gasteiger charge is 2.41. The fraction of sp³-hybridized carbons (Fsp3) is 0.727. The highest BCUT2D eigenvalue weighted by Crippen LogP contribution is 2.40. The first-order valence-electron chi connectivity index (χ1n) is 10.8. The molecule has 3 aliphatic heterocycles. The number of ether oxygens (including phenoxy) is 1. The highest BCUT2D eigenvalue weighted by atomic mass is 16.5. The van der Waals surface area contributed by atoms with E-state index in [9.17, 15) is 9.59 Å². The Morgan fingerprint density at radius 3 is 2.71 bits per heavy atom. The van der Waals surface area contributed by atoms with Crippen LogP contribution in [0.15, 0.2) is 11.0 Å². The lowest BCUT2D eigenvalue weighted by Gasteiger charge is -2.48. The van der Waals surface area contributed by atoms with Crippen molar-refractivity contribution in [1.82, 2.24) is 14.8 Å². The summed E-state index contributed by atoms with van der Waals surface area (Å²) >= 11 is 0. The number of piperidine rings is 2. The van der Waals surface area contributed by atoms with Gasteiger partial charge in [0.1, 0.15) is 0 Å². The van der Waals surface area contributed by atoms with Crippen LogP contribution in [0.25, 0.3) is 0 Å². The second-order valence-corrected chi connectivity index (χ2v) is 9.09. The molecule has 0 aliphatic carbocycles. The number of hydrogen-bond acceptors (Lipinski definition) is 4. The fourth-order valence-corrected chi connectivity index (χ4v) is 5.09. The summed E-state index contributed by atoms with van der Waals surface area (Å²) in [5, 5.41) is 0. The molecule has 1 amide bonds. The van der Waals surface area contributed by atoms with E-state index in [2.05, 4.69) is 14.8 Å². The first-order valence-corrected chi connectivity index (χ1v) is 10.8. The Morgan fingerprint density at radius 2 is 2.00 bits per heavy atom. The van der Waals surface area contributed by atoms with Crippen molar-refractivity contribution < 1.29 is 9.53 Å². The van der Waals surface area contributed by atoms with E-state index >= 15 is 0 Å². The SMILES string of the molecule is Cc1c[nH]c(CN2CCC3(CCC(=O)N(C[C@H]4CCCO4)C3)CC2)c(C)c1=O. The Hall–Kier alpha value is -1.66. The van der Waals surface area contributed by atoms with Crippen LogP contribution in [0.2, 0.25) is 0 Å². The molecular formula is C22H33N3O3. The van der Waals surface area contributed by atoms with E-state index in [0.717, 1.165) is 88.3 Å². The number of amides is 1. The van der Waals surface area contributed by atoms with E-state index in [1.165, 1.54) is 0 Å². The van der Waals surface area contributed by atoms with Gasteiger partial charge < -0.3 is 14.6 Å². The average Bonchev–Trinajstić information content (AvgIpc) is 3.20. The van der Waals surface area contributed by atoms with E-state index < -0.39 is 0 Å². The zero-order valence-electron chi connectivity index (χ0n) is 17.3. The third kappa shape index (κ3) is 4.03. The molecule has 0 bridgehead atoms. The van der Waals surface area contributed by atoms with Crippen LogP contribution in [0.1, 0.15) is 55.3 Å². The van der Waals surface area contributed by atoms with Crippen LogP contribution < -0.4 is 5.43 Å². The minimum absolute atomic E-state index is 0.151.